The van der Waals surface area contributed by atoms with E-state index in [0.29, 0.717) is 18.0 Å². The van der Waals surface area contributed by atoms with E-state index in [1.165, 1.54) is 12.1 Å². The SMILES string of the molecule is O=C(C[C@H]1CCCN1)c1ccc(F)cc1. The van der Waals surface area contributed by atoms with Gasteiger partial charge in [-0.25, -0.2) is 4.39 Å². The van der Waals surface area contributed by atoms with E-state index < -0.39 is 0 Å². The summed E-state index contributed by atoms with van der Waals surface area (Å²) in [7, 11) is 0. The van der Waals surface area contributed by atoms with E-state index in [-0.39, 0.29) is 11.6 Å². The fourth-order valence-electron chi connectivity index (χ4n) is 1.91. The number of nitrogens with one attached hydrogen (secondary N) is 1. The predicted octanol–water partition coefficient (Wildman–Crippen LogP) is 2.15. The van der Waals surface area contributed by atoms with E-state index in [4.69, 9.17) is 0 Å². The molecule has 15 heavy (non-hydrogen) atoms. The first-order valence-corrected chi connectivity index (χ1v) is 5.28. The summed E-state index contributed by atoms with van der Waals surface area (Å²) in [4.78, 5) is 11.7. The van der Waals surface area contributed by atoms with Crippen LogP contribution < -0.4 is 5.32 Å². The standard InChI is InChI=1S/C12H14FNO/c13-10-5-3-9(4-6-10)12(15)8-11-2-1-7-14-11/h3-6,11,14H,1-2,7-8H2/t11-/m1/s1. The lowest BCUT2D eigenvalue weighted by Crippen LogP contribution is -2.24. The van der Waals surface area contributed by atoms with E-state index in [1.54, 1.807) is 12.1 Å². The second kappa shape index (κ2) is 4.53. The zero-order valence-corrected chi connectivity index (χ0v) is 8.50. The normalized spacial score (nSPS) is 20.5. The zero-order valence-electron chi connectivity index (χ0n) is 8.50. The maximum Gasteiger partial charge on any atom is 0.164 e. The lowest BCUT2D eigenvalue weighted by molar-refractivity contribution is 0.0971. The molecule has 0 radical (unpaired) electrons. The highest BCUT2D eigenvalue weighted by atomic mass is 19.1. The van der Waals surface area contributed by atoms with Crippen LogP contribution in [-0.4, -0.2) is 18.4 Å². The van der Waals surface area contributed by atoms with Crippen LogP contribution in [0.2, 0.25) is 0 Å². The summed E-state index contributed by atoms with van der Waals surface area (Å²) in [6.45, 7) is 1.00. The molecule has 1 atom stereocenters. The van der Waals surface area contributed by atoms with Gasteiger partial charge in [0, 0.05) is 18.0 Å². The van der Waals surface area contributed by atoms with E-state index in [9.17, 15) is 9.18 Å². The van der Waals surface area contributed by atoms with Crippen molar-refractivity contribution >= 4 is 5.78 Å². The number of halogens is 1. The molecule has 0 spiro atoms. The molecule has 1 N–H and O–H groups in total. The average molecular weight is 207 g/mol. The minimum Gasteiger partial charge on any atom is -0.314 e. The number of carbonyl (C=O) groups is 1. The van der Waals surface area contributed by atoms with Gasteiger partial charge in [-0.05, 0) is 43.7 Å². The Hall–Kier alpha value is -1.22. The van der Waals surface area contributed by atoms with Crippen LogP contribution in [-0.2, 0) is 0 Å². The number of rotatable bonds is 3. The third-order valence-electron chi connectivity index (χ3n) is 2.76. The summed E-state index contributed by atoms with van der Waals surface area (Å²) in [5.41, 5.74) is 0.602. The van der Waals surface area contributed by atoms with Gasteiger partial charge in [-0.2, -0.15) is 0 Å². The highest BCUT2D eigenvalue weighted by Gasteiger charge is 2.18. The first-order valence-electron chi connectivity index (χ1n) is 5.28. The van der Waals surface area contributed by atoms with Gasteiger partial charge >= 0.3 is 0 Å². The van der Waals surface area contributed by atoms with Crippen LogP contribution in [0.25, 0.3) is 0 Å². The molecule has 0 unspecified atom stereocenters. The molecular weight excluding hydrogens is 193 g/mol. The van der Waals surface area contributed by atoms with Crippen molar-refractivity contribution in [1.82, 2.24) is 5.32 Å². The summed E-state index contributed by atoms with van der Waals surface area (Å²) in [5.74, 6) is -0.208. The van der Waals surface area contributed by atoms with Crippen LogP contribution in [0, 0.1) is 5.82 Å². The zero-order chi connectivity index (χ0) is 10.7. The van der Waals surface area contributed by atoms with Gasteiger partial charge in [0.05, 0.1) is 0 Å². The number of Topliss-reactive ketones (excluding diaryl/α,β-unsaturated/α-hetero) is 1. The lowest BCUT2D eigenvalue weighted by Gasteiger charge is -2.08. The molecule has 0 saturated carbocycles. The summed E-state index contributed by atoms with van der Waals surface area (Å²) >= 11 is 0. The van der Waals surface area contributed by atoms with E-state index >= 15 is 0 Å². The maximum absolute atomic E-state index is 12.6. The van der Waals surface area contributed by atoms with Gasteiger partial charge < -0.3 is 5.32 Å². The van der Waals surface area contributed by atoms with Gasteiger partial charge in [-0.3, -0.25) is 4.79 Å². The van der Waals surface area contributed by atoms with Gasteiger partial charge in [-0.15, -0.1) is 0 Å². The molecule has 0 aromatic heterocycles. The molecule has 2 nitrogen and oxygen atoms in total. The molecule has 1 aliphatic heterocycles. The fourth-order valence-corrected chi connectivity index (χ4v) is 1.91. The molecule has 80 valence electrons. The van der Waals surface area contributed by atoms with Crippen LogP contribution in [0.15, 0.2) is 24.3 Å². The number of benzene rings is 1. The van der Waals surface area contributed by atoms with Crippen LogP contribution in [0.3, 0.4) is 0 Å². The van der Waals surface area contributed by atoms with Crippen LogP contribution in [0.4, 0.5) is 4.39 Å². The van der Waals surface area contributed by atoms with E-state index in [0.717, 1.165) is 19.4 Å². The van der Waals surface area contributed by atoms with Crippen molar-refractivity contribution in [2.45, 2.75) is 25.3 Å². The molecule has 2 rings (SSSR count). The Balaban J connectivity index is 1.98. The van der Waals surface area contributed by atoms with Crippen molar-refractivity contribution in [1.29, 1.82) is 0 Å². The van der Waals surface area contributed by atoms with Crippen molar-refractivity contribution < 1.29 is 9.18 Å². The molecule has 0 aliphatic carbocycles. The number of ketones is 1. The van der Waals surface area contributed by atoms with E-state index in [2.05, 4.69) is 5.32 Å². The van der Waals surface area contributed by atoms with Gasteiger partial charge in [-0.1, -0.05) is 0 Å². The summed E-state index contributed by atoms with van der Waals surface area (Å²) in [5, 5.41) is 3.27. The van der Waals surface area contributed by atoms with E-state index in [1.807, 2.05) is 0 Å². The minimum absolute atomic E-state index is 0.0920. The minimum atomic E-state index is -0.300. The summed E-state index contributed by atoms with van der Waals surface area (Å²) < 4.78 is 12.6. The fraction of sp³-hybridized carbons (Fsp3) is 0.417. The molecular formula is C12H14FNO. The Morgan fingerprint density at radius 1 is 1.40 bits per heavy atom. The molecule has 0 bridgehead atoms. The average Bonchev–Trinajstić information content (AvgIpc) is 2.71. The number of carbonyl (C=O) groups excluding carboxylic acids is 1. The van der Waals surface area contributed by atoms with Crippen LogP contribution >= 0.6 is 0 Å². The Morgan fingerprint density at radius 3 is 2.73 bits per heavy atom. The predicted molar refractivity (Wildman–Crippen MR) is 56.4 cm³/mol. The highest BCUT2D eigenvalue weighted by molar-refractivity contribution is 5.96. The molecule has 0 amide bonds. The Kier molecular flexibility index (Phi) is 3.11. The van der Waals surface area contributed by atoms with Gasteiger partial charge in [0.25, 0.3) is 0 Å². The monoisotopic (exact) mass is 207 g/mol. The highest BCUT2D eigenvalue weighted by Crippen LogP contribution is 2.13. The topological polar surface area (TPSA) is 29.1 Å². The van der Waals surface area contributed by atoms with Crippen molar-refractivity contribution in [2.24, 2.45) is 0 Å². The summed E-state index contributed by atoms with van der Waals surface area (Å²) in [6, 6.07) is 6.06. The van der Waals surface area contributed by atoms with Crippen molar-refractivity contribution in [3.63, 3.8) is 0 Å². The number of hydrogen-bond donors (Lipinski definition) is 1. The quantitative estimate of drug-likeness (QED) is 0.769. The third-order valence-corrected chi connectivity index (χ3v) is 2.76. The molecule has 1 aromatic carbocycles. The van der Waals surface area contributed by atoms with Crippen molar-refractivity contribution in [3.8, 4) is 0 Å². The molecule has 1 saturated heterocycles. The molecule has 3 heteroatoms. The van der Waals surface area contributed by atoms with Gasteiger partial charge in [0.1, 0.15) is 5.82 Å². The largest absolute Gasteiger partial charge is 0.314 e. The Morgan fingerprint density at radius 2 is 2.13 bits per heavy atom. The van der Waals surface area contributed by atoms with Crippen molar-refractivity contribution in [2.75, 3.05) is 6.54 Å². The van der Waals surface area contributed by atoms with Gasteiger partial charge in [0.15, 0.2) is 5.78 Å². The second-order valence-electron chi connectivity index (χ2n) is 3.93. The molecule has 1 heterocycles. The molecule has 1 aliphatic rings. The Bertz CT molecular complexity index is 341. The smallest absolute Gasteiger partial charge is 0.164 e. The Labute approximate surface area is 88.5 Å². The first-order chi connectivity index (χ1) is 7.25. The first kappa shape index (κ1) is 10.3. The lowest BCUT2D eigenvalue weighted by atomic mass is 10.0. The van der Waals surface area contributed by atoms with Crippen LogP contribution in [0.1, 0.15) is 29.6 Å². The molecule has 1 aromatic rings. The number of hydrogen-bond acceptors (Lipinski definition) is 2. The second-order valence-corrected chi connectivity index (χ2v) is 3.93. The molecule has 1 fully saturated rings. The van der Waals surface area contributed by atoms with Crippen molar-refractivity contribution in [3.05, 3.63) is 35.6 Å². The third kappa shape index (κ3) is 2.63. The van der Waals surface area contributed by atoms with Gasteiger partial charge in [0.2, 0.25) is 0 Å². The summed E-state index contributed by atoms with van der Waals surface area (Å²) in [6.07, 6.45) is 2.72. The maximum atomic E-state index is 12.6. The van der Waals surface area contributed by atoms with Crippen LogP contribution in [0.5, 0.6) is 0 Å².